The standard InChI is InChI=1S/C25H33NO3S/c1-5-18-12-14-20(15-13-18)23(27)26(17(3)4)24-21(25(28)29-6-2)16-22(30-24)19-10-8-7-9-11-19/h7-11,16-18,20H,5-6,12-15H2,1-4H3. The zero-order valence-corrected chi connectivity index (χ0v) is 19.3. The number of ether oxygens (including phenoxy) is 1. The molecule has 0 N–H and O–H groups in total. The summed E-state index contributed by atoms with van der Waals surface area (Å²) in [6.07, 6.45) is 5.29. The van der Waals surface area contributed by atoms with Gasteiger partial charge in [0.1, 0.15) is 5.00 Å². The van der Waals surface area contributed by atoms with Gasteiger partial charge in [0, 0.05) is 16.8 Å². The van der Waals surface area contributed by atoms with E-state index >= 15 is 0 Å². The van der Waals surface area contributed by atoms with Crippen molar-refractivity contribution in [3.05, 3.63) is 42.0 Å². The van der Waals surface area contributed by atoms with Crippen molar-refractivity contribution in [2.24, 2.45) is 11.8 Å². The lowest BCUT2D eigenvalue weighted by Gasteiger charge is -2.33. The maximum Gasteiger partial charge on any atom is 0.341 e. The van der Waals surface area contributed by atoms with E-state index in [1.165, 1.54) is 17.8 Å². The first-order valence-corrected chi connectivity index (χ1v) is 12.0. The van der Waals surface area contributed by atoms with Crippen molar-refractivity contribution >= 4 is 28.2 Å². The molecule has 1 aromatic carbocycles. The molecule has 1 fully saturated rings. The highest BCUT2D eigenvalue weighted by Gasteiger charge is 2.34. The van der Waals surface area contributed by atoms with Crippen molar-refractivity contribution in [3.63, 3.8) is 0 Å². The Kier molecular flexibility index (Phi) is 7.70. The van der Waals surface area contributed by atoms with E-state index in [-0.39, 0.29) is 23.8 Å². The lowest BCUT2D eigenvalue weighted by atomic mass is 9.80. The highest BCUT2D eigenvalue weighted by molar-refractivity contribution is 7.20. The Hall–Kier alpha value is -2.14. The third-order valence-corrected chi connectivity index (χ3v) is 7.20. The number of hydrogen-bond acceptors (Lipinski definition) is 4. The Bertz CT molecular complexity index is 851. The molecule has 1 heterocycles. The van der Waals surface area contributed by atoms with E-state index in [2.05, 4.69) is 6.92 Å². The van der Waals surface area contributed by atoms with Crippen LogP contribution in [0.25, 0.3) is 10.4 Å². The van der Waals surface area contributed by atoms with Gasteiger partial charge in [-0.2, -0.15) is 0 Å². The van der Waals surface area contributed by atoms with Crippen LogP contribution in [0, 0.1) is 11.8 Å². The van der Waals surface area contributed by atoms with Gasteiger partial charge in [0.15, 0.2) is 0 Å². The summed E-state index contributed by atoms with van der Waals surface area (Å²) in [6, 6.07) is 11.8. The zero-order valence-electron chi connectivity index (χ0n) is 18.5. The number of anilines is 1. The first-order chi connectivity index (χ1) is 14.5. The maximum absolute atomic E-state index is 13.6. The average Bonchev–Trinajstić information content (AvgIpc) is 3.19. The Morgan fingerprint density at radius 1 is 1.10 bits per heavy atom. The van der Waals surface area contributed by atoms with Crippen LogP contribution in [-0.2, 0) is 9.53 Å². The summed E-state index contributed by atoms with van der Waals surface area (Å²) in [6.45, 7) is 8.39. The van der Waals surface area contributed by atoms with Gasteiger partial charge in [0.25, 0.3) is 0 Å². The fourth-order valence-corrected chi connectivity index (χ4v) is 5.55. The van der Waals surface area contributed by atoms with Crippen molar-refractivity contribution in [1.82, 2.24) is 0 Å². The van der Waals surface area contributed by atoms with Crippen LogP contribution in [-0.4, -0.2) is 24.5 Å². The van der Waals surface area contributed by atoms with Crippen LogP contribution in [0.4, 0.5) is 5.00 Å². The minimum Gasteiger partial charge on any atom is -0.462 e. The van der Waals surface area contributed by atoms with Crippen LogP contribution in [0.5, 0.6) is 0 Å². The smallest absolute Gasteiger partial charge is 0.341 e. The second kappa shape index (κ2) is 10.3. The fourth-order valence-electron chi connectivity index (χ4n) is 4.26. The number of amides is 1. The van der Waals surface area contributed by atoms with Crippen molar-refractivity contribution < 1.29 is 14.3 Å². The lowest BCUT2D eigenvalue weighted by Crippen LogP contribution is -2.42. The molecule has 5 heteroatoms. The quantitative estimate of drug-likeness (QED) is 0.471. The molecule has 1 aliphatic rings. The lowest BCUT2D eigenvalue weighted by molar-refractivity contribution is -0.123. The molecular formula is C25H33NO3S. The Balaban J connectivity index is 1.97. The Labute approximate surface area is 184 Å². The number of carbonyl (C=O) groups excluding carboxylic acids is 2. The molecule has 30 heavy (non-hydrogen) atoms. The number of esters is 1. The van der Waals surface area contributed by atoms with Crippen molar-refractivity contribution in [1.29, 1.82) is 0 Å². The molecule has 0 atom stereocenters. The molecule has 0 radical (unpaired) electrons. The predicted octanol–water partition coefficient (Wildman–Crippen LogP) is 6.55. The van der Waals surface area contributed by atoms with Crippen LogP contribution in [0.15, 0.2) is 36.4 Å². The number of carbonyl (C=O) groups is 2. The third kappa shape index (κ3) is 4.94. The largest absolute Gasteiger partial charge is 0.462 e. The number of thiophene rings is 1. The van der Waals surface area contributed by atoms with Crippen molar-refractivity contribution in [3.8, 4) is 10.4 Å². The molecule has 0 saturated heterocycles. The second-order valence-corrected chi connectivity index (χ2v) is 9.37. The van der Waals surface area contributed by atoms with Gasteiger partial charge in [0.05, 0.1) is 12.2 Å². The first-order valence-electron chi connectivity index (χ1n) is 11.2. The maximum atomic E-state index is 13.6. The highest BCUT2D eigenvalue weighted by Crippen LogP contribution is 2.41. The van der Waals surface area contributed by atoms with Crippen LogP contribution in [0.3, 0.4) is 0 Å². The molecule has 162 valence electrons. The highest BCUT2D eigenvalue weighted by atomic mass is 32.1. The van der Waals surface area contributed by atoms with E-state index in [1.807, 2.05) is 55.1 Å². The van der Waals surface area contributed by atoms with E-state index < -0.39 is 0 Å². The van der Waals surface area contributed by atoms with Gasteiger partial charge in [-0.3, -0.25) is 4.79 Å². The molecule has 0 aliphatic heterocycles. The van der Waals surface area contributed by atoms with Gasteiger partial charge in [0.2, 0.25) is 5.91 Å². The molecule has 1 amide bonds. The number of benzene rings is 1. The van der Waals surface area contributed by atoms with E-state index in [9.17, 15) is 9.59 Å². The van der Waals surface area contributed by atoms with Crippen LogP contribution in [0.1, 0.15) is 70.2 Å². The summed E-state index contributed by atoms with van der Waals surface area (Å²) in [5.41, 5.74) is 1.53. The minimum atomic E-state index is -0.362. The van der Waals surface area contributed by atoms with Crippen molar-refractivity contribution in [2.45, 2.75) is 65.8 Å². The normalized spacial score (nSPS) is 19.0. The van der Waals surface area contributed by atoms with E-state index in [0.717, 1.165) is 42.0 Å². The molecule has 1 aliphatic carbocycles. The molecular weight excluding hydrogens is 394 g/mol. The molecule has 1 aromatic heterocycles. The zero-order chi connectivity index (χ0) is 21.7. The summed E-state index contributed by atoms with van der Waals surface area (Å²) in [4.78, 5) is 29.2. The van der Waals surface area contributed by atoms with Crippen LogP contribution in [0.2, 0.25) is 0 Å². The van der Waals surface area contributed by atoms with Gasteiger partial charge < -0.3 is 9.64 Å². The van der Waals surface area contributed by atoms with Gasteiger partial charge in [-0.1, -0.05) is 43.7 Å². The number of nitrogens with zero attached hydrogens (tertiary/aromatic N) is 1. The Morgan fingerprint density at radius 2 is 1.77 bits per heavy atom. The minimum absolute atomic E-state index is 0.0307. The molecule has 3 rings (SSSR count). The van der Waals surface area contributed by atoms with Gasteiger partial charge in [-0.05, 0) is 64.0 Å². The molecule has 1 saturated carbocycles. The summed E-state index contributed by atoms with van der Waals surface area (Å²) < 4.78 is 5.33. The summed E-state index contributed by atoms with van der Waals surface area (Å²) in [5, 5.41) is 0.713. The monoisotopic (exact) mass is 427 g/mol. The summed E-state index contributed by atoms with van der Waals surface area (Å²) in [7, 11) is 0. The molecule has 0 bridgehead atoms. The first kappa shape index (κ1) is 22.5. The molecule has 0 unspecified atom stereocenters. The summed E-state index contributed by atoms with van der Waals surface area (Å²) in [5.74, 6) is 0.557. The Morgan fingerprint density at radius 3 is 2.33 bits per heavy atom. The topological polar surface area (TPSA) is 46.6 Å². The third-order valence-electron chi connectivity index (χ3n) is 6.01. The van der Waals surface area contributed by atoms with Gasteiger partial charge in [-0.25, -0.2) is 4.79 Å². The van der Waals surface area contributed by atoms with Crippen LogP contribution >= 0.6 is 11.3 Å². The van der Waals surface area contributed by atoms with Gasteiger partial charge in [-0.15, -0.1) is 11.3 Å². The van der Waals surface area contributed by atoms with Crippen LogP contribution < -0.4 is 4.90 Å². The van der Waals surface area contributed by atoms with Crippen molar-refractivity contribution in [2.75, 3.05) is 11.5 Å². The number of hydrogen-bond donors (Lipinski definition) is 0. The van der Waals surface area contributed by atoms with E-state index in [4.69, 9.17) is 4.74 Å². The fraction of sp³-hybridized carbons (Fsp3) is 0.520. The van der Waals surface area contributed by atoms with E-state index in [0.29, 0.717) is 17.2 Å². The molecule has 4 nitrogen and oxygen atoms in total. The summed E-state index contributed by atoms with van der Waals surface area (Å²) >= 11 is 1.50. The van der Waals surface area contributed by atoms with Gasteiger partial charge >= 0.3 is 5.97 Å². The molecule has 0 spiro atoms. The van der Waals surface area contributed by atoms with E-state index in [1.54, 1.807) is 6.92 Å². The molecule has 2 aromatic rings. The SMILES string of the molecule is CCOC(=O)c1cc(-c2ccccc2)sc1N(C(=O)C1CCC(CC)CC1)C(C)C. The number of rotatable bonds is 7. The predicted molar refractivity (Wildman–Crippen MR) is 124 cm³/mol. The second-order valence-electron chi connectivity index (χ2n) is 8.34. The average molecular weight is 428 g/mol.